The van der Waals surface area contributed by atoms with Gasteiger partial charge < -0.3 is 38.6 Å². The van der Waals surface area contributed by atoms with E-state index in [2.05, 4.69) is 76.8 Å². The molecule has 0 aliphatic carbocycles. The number of rotatable bonds is 5. The molecule has 4 N–H and O–H groups in total. The van der Waals surface area contributed by atoms with E-state index in [1.54, 1.807) is 12.1 Å². The number of hydrogen-bond donors (Lipinski definition) is 4. The zero-order valence-electron chi connectivity index (χ0n) is 27.6. The highest BCUT2D eigenvalue weighted by Crippen LogP contribution is 2.29. The van der Waals surface area contributed by atoms with Crippen LogP contribution in [0.1, 0.15) is 24.5 Å². The lowest BCUT2D eigenvalue weighted by Crippen LogP contribution is -2.33. The van der Waals surface area contributed by atoms with Crippen LogP contribution in [-0.2, 0) is 26.4 Å². The minimum Gasteiger partial charge on any atom is -0.449 e. The molecule has 0 spiro atoms. The number of aromatic nitrogens is 4. The Kier molecular flexibility index (Phi) is 10.9. The first kappa shape index (κ1) is 36.9. The van der Waals surface area contributed by atoms with E-state index in [1.807, 2.05) is 24.3 Å². The van der Waals surface area contributed by atoms with E-state index in [0.29, 0.717) is 46.8 Å². The highest BCUT2D eigenvalue weighted by atomic mass is 79.9. The molecular weight excluding hydrogens is 832 g/mol. The summed E-state index contributed by atoms with van der Waals surface area (Å²) in [4.78, 5) is 61.9. The number of amides is 2. The third-order valence-electron chi connectivity index (χ3n) is 7.79. The molecule has 2 atom stereocenters. The fourth-order valence-electron chi connectivity index (χ4n) is 5.73. The predicted molar refractivity (Wildman–Crippen MR) is 201 cm³/mol. The van der Waals surface area contributed by atoms with Gasteiger partial charge in [-0.15, -0.1) is 11.6 Å². The Labute approximate surface area is 312 Å². The number of hydrogen-bond acceptors (Lipinski definition) is 10. The van der Waals surface area contributed by atoms with Gasteiger partial charge in [0.2, 0.25) is 23.0 Å². The number of nitrogens with zero attached hydrogens (tertiary/aromatic N) is 3. The Bertz CT molecular complexity index is 2400. The van der Waals surface area contributed by atoms with Crippen molar-refractivity contribution in [3.8, 4) is 0 Å². The summed E-state index contributed by atoms with van der Waals surface area (Å²) in [7, 11) is -1.44. The molecule has 0 radical (unpaired) electrons. The molecule has 14 nitrogen and oxygen atoms in total. The summed E-state index contributed by atoms with van der Waals surface area (Å²) in [5, 5.41) is 13.8. The maximum Gasteiger partial charge on any atom is 0.294 e. The minimum absolute atomic E-state index is 0.105. The molecule has 2 amide bonds. The van der Waals surface area contributed by atoms with Gasteiger partial charge in [0.25, 0.3) is 11.1 Å². The Morgan fingerprint density at radius 1 is 0.902 bits per heavy atom. The van der Waals surface area contributed by atoms with Crippen LogP contribution < -0.4 is 16.4 Å². The summed E-state index contributed by atoms with van der Waals surface area (Å²) in [5.41, 5.74) is 1.91. The van der Waals surface area contributed by atoms with Crippen LogP contribution in [0.3, 0.4) is 0 Å². The molecule has 2 aromatic carbocycles. The summed E-state index contributed by atoms with van der Waals surface area (Å²) >= 11 is 12.4. The second-order valence-corrected chi connectivity index (χ2v) is 19.6. The molecule has 6 aromatic rings. The van der Waals surface area contributed by atoms with Crippen molar-refractivity contribution >= 4 is 108 Å². The summed E-state index contributed by atoms with van der Waals surface area (Å²) < 4.78 is 18.5. The monoisotopic (exact) mass is 862 g/mol. The maximum absolute atomic E-state index is 12.2. The van der Waals surface area contributed by atoms with Gasteiger partial charge in [0.15, 0.2) is 8.32 Å². The standard InChI is InChI=1S/C15H12BrN3O4.C11H6BrClN2O2.C7H15NO2Si/c16-7-1-2-10-9(3-7)13-14(23-10)15(22)18-11(17-13)6-19-5-8(20)4-12(19)21;12-5-1-2-7-6(3-5)9-10(17-7)11(16)15-8(4-13)14-9;1-11(2,3)10-6-4-7(9)8-5-6/h1-3,8,20H,4-6H2,(H,17,18,22);1-3H,4H2,(H,14,15,16);6H,4-5H2,1-3H3,(H,8,9). The van der Waals surface area contributed by atoms with E-state index >= 15 is 0 Å². The number of likely N-dealkylation sites (tertiary alicyclic amines) is 1. The lowest BCUT2D eigenvalue weighted by atomic mass is 10.2. The molecule has 18 heteroatoms. The van der Waals surface area contributed by atoms with Gasteiger partial charge in [0.1, 0.15) is 33.8 Å². The first-order chi connectivity index (χ1) is 24.2. The third-order valence-corrected chi connectivity index (χ3v) is 10.1. The zero-order chi connectivity index (χ0) is 36.6. The van der Waals surface area contributed by atoms with Crippen molar-refractivity contribution in [2.24, 2.45) is 0 Å². The fraction of sp³-hybridized carbons (Fsp3) is 0.333. The van der Waals surface area contributed by atoms with Crippen molar-refractivity contribution in [3.63, 3.8) is 0 Å². The molecule has 0 saturated carbocycles. The number of aromatic amines is 2. The molecule has 51 heavy (non-hydrogen) atoms. The smallest absolute Gasteiger partial charge is 0.294 e. The average Bonchev–Trinajstić information content (AvgIpc) is 3.82. The minimum atomic E-state index is -1.44. The third kappa shape index (κ3) is 8.61. The number of carbonyl (C=O) groups is 2. The summed E-state index contributed by atoms with van der Waals surface area (Å²) in [6.07, 6.45) is 0.121. The number of nitrogens with one attached hydrogen (secondary N) is 3. The molecule has 0 bridgehead atoms. The second kappa shape index (κ2) is 15.0. The molecule has 2 aliphatic rings. The SMILES string of the molecule is C[Si](C)(C)OC1CNC(=O)C1.O=C1CC(O)CN1Cc1nc2c(oc3ccc(Br)cc32)c(=O)[nH]1.O=c1[nH]c(CCl)nc2c1oc1ccc(Br)cc12. The maximum atomic E-state index is 12.2. The van der Waals surface area contributed by atoms with Gasteiger partial charge >= 0.3 is 0 Å². The van der Waals surface area contributed by atoms with Crippen LogP contribution in [0.4, 0.5) is 0 Å². The van der Waals surface area contributed by atoms with E-state index < -0.39 is 14.4 Å². The van der Waals surface area contributed by atoms with Crippen LogP contribution in [0.25, 0.3) is 44.1 Å². The van der Waals surface area contributed by atoms with Crippen molar-refractivity contribution in [2.45, 2.75) is 57.1 Å². The number of furan rings is 2. The van der Waals surface area contributed by atoms with Crippen molar-refractivity contribution in [2.75, 3.05) is 13.1 Å². The molecule has 268 valence electrons. The lowest BCUT2D eigenvalue weighted by Gasteiger charge is -2.21. The molecule has 2 unspecified atom stereocenters. The highest BCUT2D eigenvalue weighted by Gasteiger charge is 2.29. The first-order valence-electron chi connectivity index (χ1n) is 15.9. The Morgan fingerprint density at radius 3 is 1.92 bits per heavy atom. The fourth-order valence-corrected chi connectivity index (χ4v) is 7.75. The molecule has 8 rings (SSSR count). The van der Waals surface area contributed by atoms with Gasteiger partial charge in [0.05, 0.1) is 37.5 Å². The number of fused-ring (bicyclic) bond motifs is 6. The number of aliphatic hydroxyl groups is 1. The van der Waals surface area contributed by atoms with Gasteiger partial charge in [-0.1, -0.05) is 31.9 Å². The molecule has 6 heterocycles. The summed E-state index contributed by atoms with van der Waals surface area (Å²) in [6.45, 7) is 7.50. The summed E-state index contributed by atoms with van der Waals surface area (Å²) in [5.74, 6) is 0.930. The Hall–Kier alpha value is -3.87. The molecule has 4 aromatic heterocycles. The Balaban J connectivity index is 0.000000141. The van der Waals surface area contributed by atoms with Crippen molar-refractivity contribution in [3.05, 3.63) is 77.7 Å². The number of halogens is 3. The van der Waals surface area contributed by atoms with Gasteiger partial charge in [-0.05, 0) is 56.0 Å². The normalized spacial score (nSPS) is 17.6. The topological polar surface area (TPSA) is 197 Å². The largest absolute Gasteiger partial charge is 0.449 e. The van der Waals surface area contributed by atoms with Crippen LogP contribution in [0.2, 0.25) is 19.6 Å². The Morgan fingerprint density at radius 2 is 1.45 bits per heavy atom. The average molecular weight is 865 g/mol. The number of β-amino-alcohol motifs (C(OH)–C–C–N with tert-alkyl or cyclic N) is 1. The van der Waals surface area contributed by atoms with Crippen molar-refractivity contribution < 1.29 is 28.0 Å². The van der Waals surface area contributed by atoms with Gasteiger partial charge in [0, 0.05) is 32.8 Å². The van der Waals surface area contributed by atoms with E-state index in [0.717, 1.165) is 19.7 Å². The second-order valence-electron chi connectivity index (χ2n) is 13.0. The predicted octanol–water partition coefficient (Wildman–Crippen LogP) is 5.42. The van der Waals surface area contributed by atoms with Crippen LogP contribution >= 0.6 is 43.5 Å². The molecular formula is C33H33Br2ClN6O8Si. The van der Waals surface area contributed by atoms with E-state index in [1.165, 1.54) is 4.90 Å². The van der Waals surface area contributed by atoms with E-state index in [-0.39, 0.29) is 65.6 Å². The number of aliphatic hydroxyl groups excluding tert-OH is 1. The van der Waals surface area contributed by atoms with Crippen LogP contribution in [0, 0.1) is 0 Å². The number of benzene rings is 2. The van der Waals surface area contributed by atoms with Crippen molar-refractivity contribution in [1.29, 1.82) is 0 Å². The summed E-state index contributed by atoms with van der Waals surface area (Å²) in [6, 6.07) is 10.9. The number of alkyl halides is 1. The zero-order valence-corrected chi connectivity index (χ0v) is 32.6. The van der Waals surface area contributed by atoms with E-state index in [4.69, 9.17) is 24.9 Å². The van der Waals surface area contributed by atoms with Gasteiger partial charge in [-0.3, -0.25) is 19.2 Å². The number of H-pyrrole nitrogens is 2. The van der Waals surface area contributed by atoms with Crippen molar-refractivity contribution in [1.82, 2.24) is 30.2 Å². The molecule has 2 fully saturated rings. The van der Waals surface area contributed by atoms with Crippen LogP contribution in [0.15, 0.2) is 63.8 Å². The van der Waals surface area contributed by atoms with E-state index in [9.17, 15) is 24.3 Å². The van der Waals surface area contributed by atoms with Gasteiger partial charge in [-0.25, -0.2) is 9.97 Å². The lowest BCUT2D eigenvalue weighted by molar-refractivity contribution is -0.128. The first-order valence-corrected chi connectivity index (χ1v) is 21.4. The quantitative estimate of drug-likeness (QED) is 0.128. The molecule has 2 saturated heterocycles. The van der Waals surface area contributed by atoms with Gasteiger partial charge in [-0.2, -0.15) is 0 Å². The number of carbonyl (C=O) groups excluding carboxylic acids is 2. The highest BCUT2D eigenvalue weighted by molar-refractivity contribution is 9.10. The van der Waals surface area contributed by atoms with Crippen LogP contribution in [0.5, 0.6) is 0 Å². The molecule has 2 aliphatic heterocycles. The van der Waals surface area contributed by atoms with Crippen LogP contribution in [-0.4, -0.2) is 75.4 Å².